The molecule has 0 amide bonds. The maximum atomic E-state index is 10.9. The van der Waals surface area contributed by atoms with Crippen molar-refractivity contribution in [1.29, 1.82) is 0 Å². The van der Waals surface area contributed by atoms with Gasteiger partial charge in [0.1, 0.15) is 11.5 Å². The Kier molecular flexibility index (Phi) is 4.01. The molecule has 5 rings (SSSR count). The molecule has 0 aromatic heterocycles. The molecule has 124 valence electrons. The van der Waals surface area contributed by atoms with Crippen molar-refractivity contribution in [3.05, 3.63) is 59.7 Å². The summed E-state index contributed by atoms with van der Waals surface area (Å²) in [6.07, 6.45) is 6.98. The van der Waals surface area contributed by atoms with E-state index >= 15 is 0 Å². The van der Waals surface area contributed by atoms with Gasteiger partial charge in [-0.1, -0.05) is 25.0 Å². The Bertz CT molecular complexity index is 710. The summed E-state index contributed by atoms with van der Waals surface area (Å²) in [5, 5.41) is 8.92. The standard InChI is InChI=1S/C21H22O3/c22-21(23)17-7-11-19(12-8-17)24-18-9-5-16(6-10-18)20-13-14-1-3-15(20)4-2-14/h5-12,14-15,20H,1-4,13H2,(H,22,23). The Morgan fingerprint density at radius 1 is 0.875 bits per heavy atom. The van der Waals surface area contributed by atoms with E-state index in [-0.39, 0.29) is 5.56 Å². The minimum atomic E-state index is -0.923. The normalized spacial score (nSPS) is 25.4. The van der Waals surface area contributed by atoms with Gasteiger partial charge in [-0.2, -0.15) is 0 Å². The van der Waals surface area contributed by atoms with Crippen LogP contribution < -0.4 is 4.74 Å². The lowest BCUT2D eigenvalue weighted by Crippen LogP contribution is -2.29. The molecule has 0 radical (unpaired) electrons. The summed E-state index contributed by atoms with van der Waals surface area (Å²) < 4.78 is 5.82. The highest BCUT2D eigenvalue weighted by Crippen LogP contribution is 2.49. The molecule has 1 atom stereocenters. The molecule has 3 fully saturated rings. The number of aromatic carboxylic acids is 1. The minimum absolute atomic E-state index is 0.269. The first kappa shape index (κ1) is 15.3. The van der Waals surface area contributed by atoms with Crippen LogP contribution in [0.4, 0.5) is 0 Å². The largest absolute Gasteiger partial charge is 0.478 e. The number of rotatable bonds is 4. The molecule has 0 heterocycles. The molecule has 2 aromatic carbocycles. The second-order valence-electron chi connectivity index (χ2n) is 7.12. The number of carbonyl (C=O) groups is 1. The Morgan fingerprint density at radius 3 is 1.96 bits per heavy atom. The van der Waals surface area contributed by atoms with Crippen LogP contribution in [0.25, 0.3) is 0 Å². The molecule has 1 N–H and O–H groups in total. The van der Waals surface area contributed by atoms with Crippen molar-refractivity contribution >= 4 is 5.97 Å². The molecule has 2 bridgehead atoms. The topological polar surface area (TPSA) is 46.5 Å². The molecule has 3 aliphatic rings. The molecule has 0 aliphatic heterocycles. The summed E-state index contributed by atoms with van der Waals surface area (Å²) >= 11 is 0. The van der Waals surface area contributed by atoms with Gasteiger partial charge in [-0.05, 0) is 79.0 Å². The van der Waals surface area contributed by atoms with Crippen LogP contribution in [-0.4, -0.2) is 11.1 Å². The zero-order valence-corrected chi connectivity index (χ0v) is 13.7. The van der Waals surface area contributed by atoms with E-state index in [0.717, 1.165) is 23.5 Å². The van der Waals surface area contributed by atoms with Crippen LogP contribution in [0.5, 0.6) is 11.5 Å². The van der Waals surface area contributed by atoms with E-state index in [2.05, 4.69) is 12.1 Å². The summed E-state index contributed by atoms with van der Waals surface area (Å²) in [4.78, 5) is 10.9. The highest BCUT2D eigenvalue weighted by atomic mass is 16.5. The molecule has 24 heavy (non-hydrogen) atoms. The average molecular weight is 322 g/mol. The highest BCUT2D eigenvalue weighted by Gasteiger charge is 2.36. The molecular formula is C21H22O3. The predicted octanol–water partition coefficient (Wildman–Crippen LogP) is 5.47. The maximum Gasteiger partial charge on any atom is 0.335 e. The van der Waals surface area contributed by atoms with Gasteiger partial charge < -0.3 is 9.84 Å². The fraction of sp³-hybridized carbons (Fsp3) is 0.381. The van der Waals surface area contributed by atoms with Crippen LogP contribution >= 0.6 is 0 Å². The molecule has 1 unspecified atom stereocenters. The van der Waals surface area contributed by atoms with Crippen molar-refractivity contribution < 1.29 is 14.6 Å². The van der Waals surface area contributed by atoms with Crippen molar-refractivity contribution in [1.82, 2.24) is 0 Å². The van der Waals surface area contributed by atoms with E-state index < -0.39 is 5.97 Å². The van der Waals surface area contributed by atoms with Gasteiger partial charge in [-0.3, -0.25) is 0 Å². The zero-order chi connectivity index (χ0) is 16.5. The molecule has 0 spiro atoms. The molecule has 2 aromatic rings. The van der Waals surface area contributed by atoms with Crippen molar-refractivity contribution in [2.75, 3.05) is 0 Å². The summed E-state index contributed by atoms with van der Waals surface area (Å²) in [6, 6.07) is 15.0. The Labute approximate surface area is 142 Å². The van der Waals surface area contributed by atoms with Crippen LogP contribution in [0.2, 0.25) is 0 Å². The fourth-order valence-electron chi connectivity index (χ4n) is 4.37. The molecule has 3 heteroatoms. The van der Waals surface area contributed by atoms with Crippen LogP contribution in [0.3, 0.4) is 0 Å². The van der Waals surface area contributed by atoms with Crippen molar-refractivity contribution in [3.63, 3.8) is 0 Å². The third-order valence-corrected chi connectivity index (χ3v) is 5.69. The van der Waals surface area contributed by atoms with Crippen LogP contribution in [0.1, 0.15) is 53.9 Å². The van der Waals surface area contributed by atoms with Gasteiger partial charge in [0.2, 0.25) is 0 Å². The highest BCUT2D eigenvalue weighted by molar-refractivity contribution is 5.87. The van der Waals surface area contributed by atoms with Crippen molar-refractivity contribution in [2.24, 2.45) is 11.8 Å². The smallest absolute Gasteiger partial charge is 0.335 e. The number of ether oxygens (including phenoxy) is 1. The number of hydrogen-bond acceptors (Lipinski definition) is 2. The monoisotopic (exact) mass is 322 g/mol. The van der Waals surface area contributed by atoms with Crippen LogP contribution in [0, 0.1) is 11.8 Å². The SMILES string of the molecule is O=C(O)c1ccc(Oc2ccc(C3CC4CCC3CC4)cc2)cc1. The Morgan fingerprint density at radius 2 is 1.46 bits per heavy atom. The first-order valence-corrected chi connectivity index (χ1v) is 8.80. The zero-order valence-electron chi connectivity index (χ0n) is 13.7. The van der Waals surface area contributed by atoms with E-state index in [9.17, 15) is 4.79 Å². The van der Waals surface area contributed by atoms with Crippen molar-refractivity contribution in [2.45, 2.75) is 38.0 Å². The number of benzene rings is 2. The van der Waals surface area contributed by atoms with E-state index in [4.69, 9.17) is 9.84 Å². The first-order valence-electron chi connectivity index (χ1n) is 8.80. The van der Waals surface area contributed by atoms with Gasteiger partial charge in [0.15, 0.2) is 0 Å². The summed E-state index contributed by atoms with van der Waals surface area (Å²) in [5.41, 5.74) is 1.71. The lowest BCUT2D eigenvalue weighted by Gasteiger charge is -2.42. The lowest BCUT2D eigenvalue weighted by atomic mass is 9.63. The lowest BCUT2D eigenvalue weighted by molar-refractivity contribution is 0.0697. The molecule has 3 saturated carbocycles. The Hall–Kier alpha value is -2.29. The molecular weight excluding hydrogens is 300 g/mol. The van der Waals surface area contributed by atoms with Gasteiger partial charge in [-0.15, -0.1) is 0 Å². The fourth-order valence-corrected chi connectivity index (χ4v) is 4.37. The number of fused-ring (bicyclic) bond motifs is 3. The third-order valence-electron chi connectivity index (χ3n) is 5.69. The van der Waals surface area contributed by atoms with E-state index in [1.54, 1.807) is 24.3 Å². The molecule has 0 saturated heterocycles. The number of carboxylic acids is 1. The molecule has 3 aliphatic carbocycles. The average Bonchev–Trinajstić information content (AvgIpc) is 2.64. The van der Waals surface area contributed by atoms with E-state index in [0.29, 0.717) is 5.75 Å². The summed E-state index contributed by atoms with van der Waals surface area (Å²) in [5.74, 6) is 3.05. The van der Waals surface area contributed by atoms with E-state index in [1.807, 2.05) is 12.1 Å². The van der Waals surface area contributed by atoms with Gasteiger partial charge in [-0.25, -0.2) is 4.79 Å². The Balaban J connectivity index is 1.45. The second-order valence-corrected chi connectivity index (χ2v) is 7.12. The summed E-state index contributed by atoms with van der Waals surface area (Å²) in [6.45, 7) is 0. The predicted molar refractivity (Wildman–Crippen MR) is 92.7 cm³/mol. The quantitative estimate of drug-likeness (QED) is 0.811. The van der Waals surface area contributed by atoms with Gasteiger partial charge in [0.25, 0.3) is 0 Å². The summed E-state index contributed by atoms with van der Waals surface area (Å²) in [7, 11) is 0. The maximum absolute atomic E-state index is 10.9. The van der Waals surface area contributed by atoms with Crippen LogP contribution in [-0.2, 0) is 0 Å². The van der Waals surface area contributed by atoms with Gasteiger partial charge in [0.05, 0.1) is 5.56 Å². The van der Waals surface area contributed by atoms with Crippen LogP contribution in [0.15, 0.2) is 48.5 Å². The minimum Gasteiger partial charge on any atom is -0.478 e. The molecule has 3 nitrogen and oxygen atoms in total. The van der Waals surface area contributed by atoms with Gasteiger partial charge >= 0.3 is 5.97 Å². The van der Waals surface area contributed by atoms with E-state index in [1.165, 1.54) is 37.7 Å². The number of carboxylic acid groups (broad SMARTS) is 1. The van der Waals surface area contributed by atoms with Gasteiger partial charge in [0, 0.05) is 0 Å². The second kappa shape index (κ2) is 6.31. The first-order chi connectivity index (χ1) is 11.7. The van der Waals surface area contributed by atoms with Crippen molar-refractivity contribution in [3.8, 4) is 11.5 Å². The number of hydrogen-bond donors (Lipinski definition) is 1. The third kappa shape index (κ3) is 3.03.